The summed E-state index contributed by atoms with van der Waals surface area (Å²) >= 11 is 6.21. The van der Waals surface area contributed by atoms with Crippen molar-refractivity contribution < 1.29 is 42.4 Å². The van der Waals surface area contributed by atoms with Crippen molar-refractivity contribution >= 4 is 23.5 Å². The molecule has 2 aliphatic carbocycles. The lowest BCUT2D eigenvalue weighted by molar-refractivity contribution is -0.199. The van der Waals surface area contributed by atoms with Gasteiger partial charge in [0, 0.05) is 25.7 Å². The van der Waals surface area contributed by atoms with Crippen molar-refractivity contribution in [3.8, 4) is 0 Å². The van der Waals surface area contributed by atoms with E-state index >= 15 is 0 Å². The zero-order valence-corrected chi connectivity index (χ0v) is 22.1. The van der Waals surface area contributed by atoms with Crippen molar-refractivity contribution in [1.82, 2.24) is 0 Å². The van der Waals surface area contributed by atoms with Gasteiger partial charge in [-0.3, -0.25) is 9.59 Å². The second-order valence-electron chi connectivity index (χ2n) is 10.6. The fourth-order valence-electron chi connectivity index (χ4n) is 6.42. The van der Waals surface area contributed by atoms with E-state index in [1.165, 1.54) is 20.3 Å². The van der Waals surface area contributed by atoms with Crippen LogP contribution >= 0.6 is 11.6 Å². The molecule has 0 aromatic heterocycles. The van der Waals surface area contributed by atoms with Crippen LogP contribution in [-0.2, 0) is 44.4 Å². The van der Waals surface area contributed by atoms with Crippen LogP contribution in [0.4, 0.5) is 4.39 Å². The highest BCUT2D eigenvalue weighted by Crippen LogP contribution is 2.50. The summed E-state index contributed by atoms with van der Waals surface area (Å²) in [6, 6.07) is 2.98. The maximum atomic E-state index is 14.7. The van der Waals surface area contributed by atoms with E-state index in [0.29, 0.717) is 75.7 Å². The molecule has 1 aromatic carbocycles. The average molecular weight is 541 g/mol. The van der Waals surface area contributed by atoms with Gasteiger partial charge in [0.05, 0.1) is 50.4 Å². The fourth-order valence-corrected chi connectivity index (χ4v) is 6.59. The molecule has 8 nitrogen and oxygen atoms in total. The second kappa shape index (κ2) is 10.4. The third kappa shape index (κ3) is 5.13. The lowest BCUT2D eigenvalue weighted by Crippen LogP contribution is -2.45. The molecule has 5 rings (SSSR count). The van der Waals surface area contributed by atoms with Gasteiger partial charge in [-0.25, -0.2) is 4.39 Å². The molecule has 2 saturated carbocycles. The molecular weight excluding hydrogens is 507 g/mol. The number of hydrogen-bond donors (Lipinski definition) is 0. The van der Waals surface area contributed by atoms with E-state index in [9.17, 15) is 14.0 Å². The molecule has 37 heavy (non-hydrogen) atoms. The van der Waals surface area contributed by atoms with Gasteiger partial charge in [-0.1, -0.05) is 11.6 Å². The molecule has 2 aliphatic heterocycles. The minimum Gasteiger partial charge on any atom is -0.469 e. The van der Waals surface area contributed by atoms with Crippen LogP contribution in [0.25, 0.3) is 0 Å². The summed E-state index contributed by atoms with van der Waals surface area (Å²) in [7, 11) is 2.77. The Hall–Kier alpha value is -1.78. The van der Waals surface area contributed by atoms with E-state index in [-0.39, 0.29) is 35.9 Å². The number of ether oxygens (including phenoxy) is 6. The van der Waals surface area contributed by atoms with E-state index in [1.807, 2.05) is 0 Å². The second-order valence-corrected chi connectivity index (χ2v) is 11.1. The highest BCUT2D eigenvalue weighted by atomic mass is 35.5. The summed E-state index contributed by atoms with van der Waals surface area (Å²) in [5.41, 5.74) is 0.501. The number of benzene rings is 1. The van der Waals surface area contributed by atoms with E-state index in [4.69, 9.17) is 40.0 Å². The van der Waals surface area contributed by atoms with Gasteiger partial charge in [0.15, 0.2) is 11.6 Å². The van der Waals surface area contributed by atoms with E-state index < -0.39 is 28.9 Å². The third-order valence-corrected chi connectivity index (χ3v) is 8.89. The Labute approximate surface area is 221 Å². The highest BCUT2D eigenvalue weighted by Gasteiger charge is 2.51. The fraction of sp³-hybridized carbons (Fsp3) is 0.704. The Morgan fingerprint density at radius 1 is 0.973 bits per heavy atom. The van der Waals surface area contributed by atoms with Crippen LogP contribution in [0.3, 0.4) is 0 Å². The van der Waals surface area contributed by atoms with Crippen LogP contribution in [0.5, 0.6) is 0 Å². The van der Waals surface area contributed by atoms with Crippen LogP contribution in [0, 0.1) is 17.2 Å². The molecule has 2 saturated heterocycles. The maximum absolute atomic E-state index is 14.7. The van der Waals surface area contributed by atoms with Gasteiger partial charge in [-0.15, -0.1) is 0 Å². The topological polar surface area (TPSA) is 89.5 Å². The average Bonchev–Trinajstić information content (AvgIpc) is 3.55. The summed E-state index contributed by atoms with van der Waals surface area (Å²) in [5.74, 6) is -2.72. The molecule has 0 amide bonds. The molecule has 4 aliphatic rings. The number of esters is 2. The summed E-state index contributed by atoms with van der Waals surface area (Å²) in [5, 5.41) is -0.0137. The molecule has 0 radical (unpaired) electrons. The number of hydrogen-bond acceptors (Lipinski definition) is 8. The van der Waals surface area contributed by atoms with Crippen LogP contribution in [0.2, 0.25) is 5.02 Å². The minimum absolute atomic E-state index is 0.0137. The number of halogens is 2. The third-order valence-electron chi connectivity index (χ3n) is 8.60. The molecule has 204 valence electrons. The molecule has 2 spiro atoms. The SMILES string of the molecule is COC(=O)C1CCC2(CC1)OCC(c1cc(Cl)c(F)cc1CC1(C(=O)OC)CCC3(CC1)OCCO3)O2. The molecule has 2 heterocycles. The first-order valence-corrected chi connectivity index (χ1v) is 13.3. The largest absolute Gasteiger partial charge is 0.469 e. The van der Waals surface area contributed by atoms with Crippen molar-refractivity contribution in [2.45, 2.75) is 75.5 Å². The lowest BCUT2D eigenvalue weighted by atomic mass is 9.68. The molecule has 0 N–H and O–H groups in total. The Balaban J connectivity index is 1.37. The maximum Gasteiger partial charge on any atom is 0.312 e. The Morgan fingerprint density at radius 2 is 1.65 bits per heavy atom. The molecule has 1 atom stereocenters. The molecule has 10 heteroatoms. The van der Waals surface area contributed by atoms with Gasteiger partial charge >= 0.3 is 11.9 Å². The molecule has 4 fully saturated rings. The summed E-state index contributed by atoms with van der Waals surface area (Å²) in [4.78, 5) is 25.1. The van der Waals surface area contributed by atoms with Crippen LogP contribution in [0.15, 0.2) is 12.1 Å². The summed E-state index contributed by atoms with van der Waals surface area (Å²) < 4.78 is 49.2. The van der Waals surface area contributed by atoms with Crippen molar-refractivity contribution in [3.05, 3.63) is 34.1 Å². The smallest absolute Gasteiger partial charge is 0.312 e. The minimum atomic E-state index is -0.847. The summed E-state index contributed by atoms with van der Waals surface area (Å²) in [6.45, 7) is 1.35. The van der Waals surface area contributed by atoms with E-state index in [2.05, 4.69) is 0 Å². The number of carbonyl (C=O) groups is 2. The normalized spacial score (nSPS) is 27.9. The van der Waals surface area contributed by atoms with Gasteiger partial charge in [-0.2, -0.15) is 0 Å². The standard InChI is InChI=1S/C27H34ClFO8/c1-32-23(30)17-3-5-27(6-4-17)36-16-22(37-27)19-14-20(28)21(29)13-18(19)15-25(24(31)33-2)7-9-26(10-8-25)34-11-12-35-26/h13-14,17,22H,3-12,15-16H2,1-2H3. The first-order valence-electron chi connectivity index (χ1n) is 13.0. The lowest BCUT2D eigenvalue weighted by Gasteiger charge is -2.42. The monoisotopic (exact) mass is 540 g/mol. The van der Waals surface area contributed by atoms with Crippen molar-refractivity contribution in [2.24, 2.45) is 11.3 Å². The Morgan fingerprint density at radius 3 is 2.27 bits per heavy atom. The summed E-state index contributed by atoms with van der Waals surface area (Å²) in [6.07, 6.45) is 4.21. The zero-order chi connectivity index (χ0) is 26.3. The van der Waals surface area contributed by atoms with Crippen molar-refractivity contribution in [3.63, 3.8) is 0 Å². The molecule has 1 aromatic rings. The van der Waals surface area contributed by atoms with Gasteiger partial charge < -0.3 is 28.4 Å². The predicted molar refractivity (Wildman–Crippen MR) is 129 cm³/mol. The number of rotatable bonds is 5. The van der Waals surface area contributed by atoms with E-state index in [0.717, 1.165) is 0 Å². The van der Waals surface area contributed by atoms with Crippen LogP contribution in [0.1, 0.15) is 68.6 Å². The van der Waals surface area contributed by atoms with E-state index in [1.54, 1.807) is 6.07 Å². The van der Waals surface area contributed by atoms with Crippen LogP contribution in [-0.4, -0.2) is 57.6 Å². The zero-order valence-electron chi connectivity index (χ0n) is 21.3. The quantitative estimate of drug-likeness (QED) is 0.499. The number of carbonyl (C=O) groups excluding carboxylic acids is 2. The molecule has 0 bridgehead atoms. The number of methoxy groups -OCH3 is 2. The Kier molecular flexibility index (Phi) is 7.55. The first kappa shape index (κ1) is 26.8. The van der Waals surface area contributed by atoms with Crippen LogP contribution < -0.4 is 0 Å². The van der Waals surface area contributed by atoms with Crippen molar-refractivity contribution in [2.75, 3.05) is 34.0 Å². The first-order chi connectivity index (χ1) is 17.7. The predicted octanol–water partition coefficient (Wildman–Crippen LogP) is 4.65. The van der Waals surface area contributed by atoms with Gasteiger partial charge in [-0.05, 0) is 55.4 Å². The molecule has 1 unspecified atom stereocenters. The van der Waals surface area contributed by atoms with Gasteiger partial charge in [0.1, 0.15) is 11.9 Å². The molecular formula is C27H34ClFO8. The highest BCUT2D eigenvalue weighted by molar-refractivity contribution is 6.30. The Bertz CT molecular complexity index is 1020. The van der Waals surface area contributed by atoms with Crippen molar-refractivity contribution in [1.29, 1.82) is 0 Å². The van der Waals surface area contributed by atoms with Gasteiger partial charge in [0.25, 0.3) is 0 Å². The van der Waals surface area contributed by atoms with Gasteiger partial charge in [0.2, 0.25) is 0 Å².